The molecular formula is C13H18N8O. The first kappa shape index (κ1) is 14.2. The van der Waals surface area contributed by atoms with Gasteiger partial charge < -0.3 is 15.5 Å². The van der Waals surface area contributed by atoms with E-state index >= 15 is 0 Å². The van der Waals surface area contributed by atoms with Crippen molar-refractivity contribution in [2.75, 3.05) is 36.8 Å². The van der Waals surface area contributed by atoms with Gasteiger partial charge in [0.25, 0.3) is 0 Å². The lowest BCUT2D eigenvalue weighted by atomic mass is 10.2. The summed E-state index contributed by atoms with van der Waals surface area (Å²) >= 11 is 0. The Morgan fingerprint density at radius 3 is 2.73 bits per heavy atom. The lowest BCUT2D eigenvalue weighted by Crippen LogP contribution is -2.50. The van der Waals surface area contributed by atoms with E-state index in [0.717, 1.165) is 24.5 Å². The van der Waals surface area contributed by atoms with Crippen LogP contribution >= 0.6 is 0 Å². The predicted molar refractivity (Wildman–Crippen MR) is 80.0 cm³/mol. The Morgan fingerprint density at radius 2 is 2.09 bits per heavy atom. The van der Waals surface area contributed by atoms with Crippen molar-refractivity contribution in [2.24, 2.45) is 0 Å². The summed E-state index contributed by atoms with van der Waals surface area (Å²) < 4.78 is 1.30. The zero-order valence-electron chi connectivity index (χ0n) is 12.4. The average Bonchev–Trinajstić information content (AvgIpc) is 2.93. The van der Waals surface area contributed by atoms with Gasteiger partial charge in [-0.15, -0.1) is 0 Å². The first-order valence-corrected chi connectivity index (χ1v) is 7.11. The molecule has 2 N–H and O–H groups in total. The summed E-state index contributed by atoms with van der Waals surface area (Å²) in [5.74, 6) is 1.10. The first-order chi connectivity index (χ1) is 10.6. The van der Waals surface area contributed by atoms with Crippen molar-refractivity contribution in [2.45, 2.75) is 13.5 Å². The van der Waals surface area contributed by atoms with E-state index < -0.39 is 0 Å². The van der Waals surface area contributed by atoms with Gasteiger partial charge in [-0.25, -0.2) is 9.67 Å². The van der Waals surface area contributed by atoms with Gasteiger partial charge in [-0.2, -0.15) is 0 Å². The maximum atomic E-state index is 12.2. The number of amides is 1. The smallest absolute Gasteiger partial charge is 0.244 e. The molecule has 1 aliphatic heterocycles. The van der Waals surface area contributed by atoms with Crippen LogP contribution in [0.5, 0.6) is 0 Å². The zero-order valence-corrected chi connectivity index (χ0v) is 12.4. The van der Waals surface area contributed by atoms with Crippen LogP contribution in [0.4, 0.5) is 11.8 Å². The van der Waals surface area contributed by atoms with Crippen LogP contribution in [0.2, 0.25) is 0 Å². The Morgan fingerprint density at radius 1 is 1.32 bits per heavy atom. The molecule has 1 fully saturated rings. The first-order valence-electron chi connectivity index (χ1n) is 7.11. The third kappa shape index (κ3) is 2.83. The molecule has 3 rings (SSSR count). The molecule has 2 aromatic rings. The fraction of sp³-hybridized carbons (Fsp3) is 0.462. The number of anilines is 2. The second-order valence-corrected chi connectivity index (χ2v) is 5.21. The second kappa shape index (κ2) is 5.96. The lowest BCUT2D eigenvalue weighted by molar-refractivity contribution is -0.132. The SMILES string of the molecule is Cc1cccnc1N1CCN(C(=O)Cn2nnnc2N)CC1. The standard InChI is InChI=1S/C13H18N8O/c1-10-3-2-4-15-12(10)20-7-5-19(6-8-20)11(22)9-21-13(14)16-17-18-21/h2-4H,5-9H2,1H3,(H2,14,16,18). The average molecular weight is 302 g/mol. The van der Waals surface area contributed by atoms with Gasteiger partial charge in [0, 0.05) is 32.4 Å². The van der Waals surface area contributed by atoms with Gasteiger partial charge in [0.05, 0.1) is 0 Å². The van der Waals surface area contributed by atoms with Crippen LogP contribution in [0.15, 0.2) is 18.3 Å². The number of nitrogens with two attached hydrogens (primary N) is 1. The van der Waals surface area contributed by atoms with Crippen molar-refractivity contribution >= 4 is 17.7 Å². The highest BCUT2D eigenvalue weighted by Gasteiger charge is 2.23. The molecular weight excluding hydrogens is 284 g/mol. The molecule has 3 heterocycles. The van der Waals surface area contributed by atoms with Crippen molar-refractivity contribution in [1.29, 1.82) is 0 Å². The number of hydrogen-bond acceptors (Lipinski definition) is 7. The van der Waals surface area contributed by atoms with Gasteiger partial charge in [-0.05, 0) is 29.0 Å². The van der Waals surface area contributed by atoms with Gasteiger partial charge in [0.1, 0.15) is 12.4 Å². The number of nitrogen functional groups attached to an aromatic ring is 1. The van der Waals surface area contributed by atoms with Gasteiger partial charge in [0.2, 0.25) is 11.9 Å². The number of carbonyl (C=O) groups is 1. The van der Waals surface area contributed by atoms with Crippen molar-refractivity contribution in [3.05, 3.63) is 23.9 Å². The van der Waals surface area contributed by atoms with E-state index in [-0.39, 0.29) is 18.4 Å². The summed E-state index contributed by atoms with van der Waals surface area (Å²) in [6.45, 7) is 4.93. The Bertz CT molecular complexity index is 662. The van der Waals surface area contributed by atoms with Crippen LogP contribution in [0.3, 0.4) is 0 Å². The molecule has 0 radical (unpaired) electrons. The second-order valence-electron chi connectivity index (χ2n) is 5.21. The Hall–Kier alpha value is -2.71. The Balaban J connectivity index is 1.59. The molecule has 0 unspecified atom stereocenters. The number of aryl methyl sites for hydroxylation is 1. The third-order valence-corrected chi connectivity index (χ3v) is 3.76. The van der Waals surface area contributed by atoms with Gasteiger partial charge in [-0.3, -0.25) is 4.79 Å². The summed E-state index contributed by atoms with van der Waals surface area (Å²) in [6, 6.07) is 3.97. The number of tetrazole rings is 1. The molecule has 0 aromatic carbocycles. The minimum absolute atomic E-state index is 0.0311. The Kier molecular flexibility index (Phi) is 3.86. The van der Waals surface area contributed by atoms with Crippen LogP contribution < -0.4 is 10.6 Å². The van der Waals surface area contributed by atoms with Crippen molar-refractivity contribution in [3.63, 3.8) is 0 Å². The van der Waals surface area contributed by atoms with Gasteiger partial charge >= 0.3 is 0 Å². The van der Waals surface area contributed by atoms with E-state index in [0.29, 0.717) is 13.1 Å². The minimum atomic E-state index is -0.0311. The quantitative estimate of drug-likeness (QED) is 0.799. The Labute approximate surface area is 127 Å². The van der Waals surface area contributed by atoms with Gasteiger partial charge in [-0.1, -0.05) is 11.2 Å². The molecule has 0 bridgehead atoms. The number of piperazine rings is 1. The van der Waals surface area contributed by atoms with Crippen LogP contribution in [0.25, 0.3) is 0 Å². The highest BCUT2D eigenvalue weighted by Crippen LogP contribution is 2.17. The molecule has 2 aromatic heterocycles. The molecule has 9 nitrogen and oxygen atoms in total. The summed E-state index contributed by atoms with van der Waals surface area (Å²) in [5.41, 5.74) is 6.72. The maximum Gasteiger partial charge on any atom is 0.244 e. The summed E-state index contributed by atoms with van der Waals surface area (Å²) in [5, 5.41) is 10.7. The number of aromatic nitrogens is 5. The van der Waals surface area contributed by atoms with Gasteiger partial charge in [0.15, 0.2) is 0 Å². The molecule has 1 saturated heterocycles. The van der Waals surface area contributed by atoms with E-state index in [1.54, 1.807) is 11.1 Å². The number of hydrogen-bond donors (Lipinski definition) is 1. The predicted octanol–water partition coefficient (Wildman–Crippen LogP) is -0.692. The van der Waals surface area contributed by atoms with Crippen molar-refractivity contribution in [1.82, 2.24) is 30.1 Å². The normalized spacial score (nSPS) is 15.1. The van der Waals surface area contributed by atoms with E-state index in [1.165, 1.54) is 4.68 Å². The third-order valence-electron chi connectivity index (χ3n) is 3.76. The van der Waals surface area contributed by atoms with Crippen LogP contribution in [0, 0.1) is 6.92 Å². The van der Waals surface area contributed by atoms with Crippen molar-refractivity contribution in [3.8, 4) is 0 Å². The van der Waals surface area contributed by atoms with Crippen LogP contribution in [-0.4, -0.2) is 62.2 Å². The van der Waals surface area contributed by atoms with Crippen LogP contribution in [0.1, 0.15) is 5.56 Å². The lowest BCUT2D eigenvalue weighted by Gasteiger charge is -2.36. The maximum absolute atomic E-state index is 12.2. The molecule has 0 saturated carbocycles. The summed E-state index contributed by atoms with van der Waals surface area (Å²) in [6.07, 6.45) is 1.79. The number of nitrogens with zero attached hydrogens (tertiary/aromatic N) is 7. The molecule has 22 heavy (non-hydrogen) atoms. The fourth-order valence-electron chi connectivity index (χ4n) is 2.53. The number of rotatable bonds is 3. The molecule has 116 valence electrons. The van der Waals surface area contributed by atoms with E-state index in [4.69, 9.17) is 5.73 Å². The zero-order chi connectivity index (χ0) is 15.5. The molecule has 0 atom stereocenters. The topological polar surface area (TPSA) is 106 Å². The molecule has 0 spiro atoms. The van der Waals surface area contributed by atoms with Crippen molar-refractivity contribution < 1.29 is 4.79 Å². The monoisotopic (exact) mass is 302 g/mol. The summed E-state index contributed by atoms with van der Waals surface area (Å²) in [7, 11) is 0. The fourth-order valence-corrected chi connectivity index (χ4v) is 2.53. The number of carbonyl (C=O) groups excluding carboxylic acids is 1. The largest absolute Gasteiger partial charge is 0.367 e. The minimum Gasteiger partial charge on any atom is -0.367 e. The number of pyridine rings is 1. The highest BCUT2D eigenvalue weighted by molar-refractivity contribution is 5.76. The van der Waals surface area contributed by atoms with E-state index in [1.807, 2.05) is 19.1 Å². The highest BCUT2D eigenvalue weighted by atomic mass is 16.2. The molecule has 9 heteroatoms. The van der Waals surface area contributed by atoms with E-state index in [2.05, 4.69) is 25.4 Å². The summed E-state index contributed by atoms with van der Waals surface area (Å²) in [4.78, 5) is 20.7. The molecule has 1 amide bonds. The van der Waals surface area contributed by atoms with Crippen LogP contribution in [-0.2, 0) is 11.3 Å². The molecule has 1 aliphatic rings. The van der Waals surface area contributed by atoms with E-state index in [9.17, 15) is 4.79 Å². The molecule has 0 aliphatic carbocycles.